The second-order valence-electron chi connectivity index (χ2n) is 4.97. The van der Waals surface area contributed by atoms with Crippen LogP contribution in [0.25, 0.3) is 16.6 Å². The summed E-state index contributed by atoms with van der Waals surface area (Å²) in [4.78, 5) is 16.3. The Morgan fingerprint density at radius 2 is 2.29 bits per heavy atom. The quantitative estimate of drug-likeness (QED) is 0.328. The number of aromatic nitrogens is 1. The van der Waals surface area contributed by atoms with Crippen LogP contribution in [0.3, 0.4) is 0 Å². The summed E-state index contributed by atoms with van der Waals surface area (Å²) >= 11 is 1.43. The minimum atomic E-state index is -0.609. The van der Waals surface area contributed by atoms with E-state index in [2.05, 4.69) is 4.98 Å². The molecule has 0 bridgehead atoms. The molecule has 0 unspecified atom stereocenters. The summed E-state index contributed by atoms with van der Waals surface area (Å²) in [5, 5.41) is 11.7. The van der Waals surface area contributed by atoms with Gasteiger partial charge in [-0.2, -0.15) is 5.26 Å². The first-order valence-corrected chi connectivity index (χ1v) is 8.44. The van der Waals surface area contributed by atoms with Gasteiger partial charge in [-0.3, -0.25) is 0 Å². The Bertz CT molecular complexity index is 775. The molecule has 0 amide bonds. The number of rotatable bonds is 7. The number of benzene rings is 1. The van der Waals surface area contributed by atoms with E-state index in [9.17, 15) is 4.79 Å². The van der Waals surface area contributed by atoms with Gasteiger partial charge in [0.05, 0.1) is 19.4 Å². The summed E-state index contributed by atoms with van der Waals surface area (Å²) in [6.07, 6.45) is 3.16. The van der Waals surface area contributed by atoms with Crippen LogP contribution in [0.1, 0.15) is 25.5 Å². The van der Waals surface area contributed by atoms with Crippen molar-refractivity contribution in [3.63, 3.8) is 0 Å². The van der Waals surface area contributed by atoms with Gasteiger partial charge in [-0.25, -0.2) is 9.78 Å². The highest BCUT2D eigenvalue weighted by Crippen LogP contribution is 2.27. The average Bonchev–Trinajstić information content (AvgIpc) is 3.08. The summed E-state index contributed by atoms with van der Waals surface area (Å²) in [6, 6.07) is 9.44. The Balaban J connectivity index is 2.16. The van der Waals surface area contributed by atoms with Crippen molar-refractivity contribution in [2.45, 2.75) is 19.8 Å². The standard InChI is InChI=1S/C18H18N2O3S/c1-3-4-8-23-18(21)14(11-19)9-15-12-24-17(20-15)13-6-5-7-16(10-13)22-2/h5-7,9-10,12H,3-4,8H2,1-2H3/b14-9+. The second-order valence-corrected chi connectivity index (χ2v) is 5.83. The Kier molecular flexibility index (Phi) is 6.52. The van der Waals surface area contributed by atoms with Crippen LogP contribution in [0.15, 0.2) is 35.2 Å². The predicted octanol–water partition coefficient (Wildman–Crippen LogP) is 4.07. The van der Waals surface area contributed by atoms with Crippen molar-refractivity contribution in [1.29, 1.82) is 5.26 Å². The number of hydrogen-bond acceptors (Lipinski definition) is 6. The fourth-order valence-corrected chi connectivity index (χ4v) is 2.69. The van der Waals surface area contributed by atoms with Gasteiger partial charge in [0.25, 0.3) is 0 Å². The second kappa shape index (κ2) is 8.85. The largest absolute Gasteiger partial charge is 0.497 e. The van der Waals surface area contributed by atoms with E-state index in [1.807, 2.05) is 37.3 Å². The van der Waals surface area contributed by atoms with Crippen molar-refractivity contribution in [3.05, 3.63) is 40.9 Å². The smallest absolute Gasteiger partial charge is 0.348 e. The number of ether oxygens (including phenoxy) is 2. The molecule has 0 spiro atoms. The van der Waals surface area contributed by atoms with E-state index in [1.165, 1.54) is 17.4 Å². The van der Waals surface area contributed by atoms with Crippen LogP contribution in [0.4, 0.5) is 0 Å². The lowest BCUT2D eigenvalue weighted by Crippen LogP contribution is -2.07. The normalized spacial score (nSPS) is 11.0. The van der Waals surface area contributed by atoms with Gasteiger partial charge in [-0.05, 0) is 24.6 Å². The zero-order valence-corrected chi connectivity index (χ0v) is 14.4. The van der Waals surface area contributed by atoms with Crippen molar-refractivity contribution in [1.82, 2.24) is 4.98 Å². The van der Waals surface area contributed by atoms with Gasteiger partial charge in [0.15, 0.2) is 0 Å². The van der Waals surface area contributed by atoms with E-state index >= 15 is 0 Å². The highest BCUT2D eigenvalue weighted by Gasteiger charge is 2.12. The molecule has 0 aliphatic heterocycles. The SMILES string of the molecule is CCCCOC(=O)/C(C#N)=C/c1csc(-c2cccc(OC)c2)n1. The molecule has 0 saturated heterocycles. The van der Waals surface area contributed by atoms with Crippen molar-refractivity contribution in [3.8, 4) is 22.4 Å². The van der Waals surface area contributed by atoms with E-state index < -0.39 is 5.97 Å². The van der Waals surface area contributed by atoms with Gasteiger partial charge in [-0.15, -0.1) is 11.3 Å². The summed E-state index contributed by atoms with van der Waals surface area (Å²) in [5.41, 5.74) is 1.43. The monoisotopic (exact) mass is 342 g/mol. The first-order valence-electron chi connectivity index (χ1n) is 7.56. The van der Waals surface area contributed by atoms with Gasteiger partial charge >= 0.3 is 5.97 Å². The van der Waals surface area contributed by atoms with Crippen LogP contribution in [-0.4, -0.2) is 24.7 Å². The van der Waals surface area contributed by atoms with Gasteiger partial charge in [0.2, 0.25) is 0 Å². The van der Waals surface area contributed by atoms with E-state index in [0.717, 1.165) is 29.2 Å². The molecule has 0 saturated carbocycles. The molecule has 5 nitrogen and oxygen atoms in total. The number of carbonyl (C=O) groups excluding carboxylic acids is 1. The molecule has 2 rings (SSSR count). The molecular formula is C18H18N2O3S. The summed E-state index contributed by atoms with van der Waals surface area (Å²) in [7, 11) is 1.61. The third kappa shape index (κ3) is 4.67. The Hall–Kier alpha value is -2.65. The summed E-state index contributed by atoms with van der Waals surface area (Å²) in [5.74, 6) is 0.138. The molecule has 1 aromatic carbocycles. The van der Waals surface area contributed by atoms with Gasteiger partial charge in [0.1, 0.15) is 22.4 Å². The maximum atomic E-state index is 11.9. The van der Waals surface area contributed by atoms with Crippen LogP contribution in [0.2, 0.25) is 0 Å². The lowest BCUT2D eigenvalue weighted by Gasteiger charge is -2.02. The molecular weight excluding hydrogens is 324 g/mol. The topological polar surface area (TPSA) is 72.2 Å². The minimum Gasteiger partial charge on any atom is -0.497 e. The number of esters is 1. The van der Waals surface area contributed by atoms with Crippen molar-refractivity contribution >= 4 is 23.4 Å². The number of nitriles is 1. The number of methoxy groups -OCH3 is 1. The van der Waals surface area contributed by atoms with Gasteiger partial charge in [0, 0.05) is 10.9 Å². The van der Waals surface area contributed by atoms with Crippen LogP contribution in [-0.2, 0) is 9.53 Å². The fourth-order valence-electron chi connectivity index (χ4n) is 1.91. The number of unbranched alkanes of at least 4 members (excludes halogenated alkanes) is 1. The summed E-state index contributed by atoms with van der Waals surface area (Å²) < 4.78 is 10.3. The molecule has 0 fully saturated rings. The third-order valence-corrected chi connectivity index (χ3v) is 4.11. The minimum absolute atomic E-state index is 0.0476. The zero-order valence-electron chi connectivity index (χ0n) is 13.6. The summed E-state index contributed by atoms with van der Waals surface area (Å²) in [6.45, 7) is 2.32. The molecule has 0 N–H and O–H groups in total. The molecule has 6 heteroatoms. The highest BCUT2D eigenvalue weighted by molar-refractivity contribution is 7.13. The van der Waals surface area contributed by atoms with Crippen LogP contribution in [0, 0.1) is 11.3 Å². The van der Waals surface area contributed by atoms with Gasteiger partial charge in [-0.1, -0.05) is 25.5 Å². The van der Waals surface area contributed by atoms with Crippen LogP contribution < -0.4 is 4.74 Å². The van der Waals surface area contributed by atoms with E-state index in [1.54, 1.807) is 12.5 Å². The number of thiazole rings is 1. The highest BCUT2D eigenvalue weighted by atomic mass is 32.1. The fraction of sp³-hybridized carbons (Fsp3) is 0.278. The molecule has 0 aliphatic rings. The predicted molar refractivity (Wildman–Crippen MR) is 93.6 cm³/mol. The average molecular weight is 342 g/mol. The van der Waals surface area contributed by atoms with Gasteiger partial charge < -0.3 is 9.47 Å². The maximum absolute atomic E-state index is 11.9. The molecule has 1 heterocycles. The van der Waals surface area contributed by atoms with E-state index in [4.69, 9.17) is 14.7 Å². The molecule has 0 aliphatic carbocycles. The number of carbonyl (C=O) groups is 1. The van der Waals surface area contributed by atoms with E-state index in [-0.39, 0.29) is 5.57 Å². The lowest BCUT2D eigenvalue weighted by molar-refractivity contribution is -0.138. The number of hydrogen-bond donors (Lipinski definition) is 0. The van der Waals surface area contributed by atoms with Crippen molar-refractivity contribution in [2.75, 3.05) is 13.7 Å². The van der Waals surface area contributed by atoms with Crippen LogP contribution in [0.5, 0.6) is 5.75 Å². The van der Waals surface area contributed by atoms with Crippen molar-refractivity contribution in [2.24, 2.45) is 0 Å². The first-order chi connectivity index (χ1) is 11.7. The molecule has 0 radical (unpaired) electrons. The molecule has 2 aromatic rings. The Labute approximate surface area is 145 Å². The Morgan fingerprint density at radius 3 is 3.00 bits per heavy atom. The zero-order chi connectivity index (χ0) is 17.4. The number of nitrogens with zero attached hydrogens (tertiary/aromatic N) is 2. The molecule has 124 valence electrons. The molecule has 0 atom stereocenters. The van der Waals surface area contributed by atoms with Crippen molar-refractivity contribution < 1.29 is 14.3 Å². The molecule has 1 aromatic heterocycles. The third-order valence-electron chi connectivity index (χ3n) is 3.20. The Morgan fingerprint density at radius 1 is 1.46 bits per heavy atom. The lowest BCUT2D eigenvalue weighted by atomic mass is 10.2. The first kappa shape index (κ1) is 17.7. The van der Waals surface area contributed by atoms with E-state index in [0.29, 0.717) is 12.3 Å². The molecule has 24 heavy (non-hydrogen) atoms. The maximum Gasteiger partial charge on any atom is 0.348 e. The van der Waals surface area contributed by atoms with Crippen LogP contribution >= 0.6 is 11.3 Å².